The van der Waals surface area contributed by atoms with Crippen LogP contribution in [0.5, 0.6) is 0 Å². The summed E-state index contributed by atoms with van der Waals surface area (Å²) in [7, 11) is 1.93. The molecule has 6 aromatic rings. The van der Waals surface area contributed by atoms with Crippen molar-refractivity contribution in [2.45, 2.75) is 59.8 Å². The van der Waals surface area contributed by atoms with Crippen molar-refractivity contribution >= 4 is 39.4 Å². The lowest BCUT2D eigenvalue weighted by Gasteiger charge is -2.34. The molecular formula is C39H39N5O4. The number of hydrogen-bond acceptors (Lipinski definition) is 5. The first-order valence-electron chi connectivity index (χ1n) is 16.2. The van der Waals surface area contributed by atoms with Gasteiger partial charge in [0.25, 0.3) is 0 Å². The minimum Gasteiger partial charge on any atom is -0.479 e. The van der Waals surface area contributed by atoms with Crippen LogP contribution in [-0.4, -0.2) is 48.5 Å². The normalized spacial score (nSPS) is 13.8. The Balaban J connectivity index is 1.53. The molecule has 1 aliphatic rings. The van der Waals surface area contributed by atoms with E-state index in [4.69, 9.17) is 9.72 Å². The zero-order valence-corrected chi connectivity index (χ0v) is 28.3. The Hall–Kier alpha value is -5.28. The fraction of sp³-hybridized carbons (Fsp3) is 0.282. The van der Waals surface area contributed by atoms with Gasteiger partial charge in [0.2, 0.25) is 5.91 Å². The molecule has 0 fully saturated rings. The minimum absolute atomic E-state index is 0.0944. The molecule has 3 aromatic carbocycles. The van der Waals surface area contributed by atoms with Gasteiger partial charge < -0.3 is 19.3 Å². The third-order valence-corrected chi connectivity index (χ3v) is 9.21. The van der Waals surface area contributed by atoms with Crippen molar-refractivity contribution in [1.82, 2.24) is 19.3 Å². The van der Waals surface area contributed by atoms with Crippen molar-refractivity contribution in [3.05, 3.63) is 89.7 Å². The van der Waals surface area contributed by atoms with Crippen molar-refractivity contribution in [3.8, 4) is 33.6 Å². The number of carbonyl (C=O) groups is 2. The number of amides is 1. The lowest BCUT2D eigenvalue weighted by atomic mass is 9.86. The Morgan fingerprint density at radius 2 is 1.67 bits per heavy atom. The number of fused-ring (bicyclic) bond motifs is 1. The fourth-order valence-corrected chi connectivity index (χ4v) is 7.08. The van der Waals surface area contributed by atoms with E-state index in [1.165, 1.54) is 0 Å². The van der Waals surface area contributed by atoms with Crippen LogP contribution in [0.25, 0.3) is 55.4 Å². The number of ether oxygens (including phenoxy) is 1. The Bertz CT molecular complexity index is 2260. The van der Waals surface area contributed by atoms with Gasteiger partial charge in [-0.15, -0.1) is 0 Å². The summed E-state index contributed by atoms with van der Waals surface area (Å²) in [6.45, 7) is 12.1. The fourth-order valence-electron chi connectivity index (χ4n) is 7.08. The van der Waals surface area contributed by atoms with Gasteiger partial charge >= 0.3 is 5.97 Å². The SMILES string of the molecule is CC(=O)N1CCn2c(-c3ccnc(-c4ccc5c(cnn5C)c4)c3)cc3c(-c4ccc(C)cc4)c([C@H](OC(C)(C)C)C(=O)O)c(C)c1c32. The van der Waals surface area contributed by atoms with Crippen molar-refractivity contribution in [3.63, 3.8) is 0 Å². The number of aromatic nitrogens is 4. The summed E-state index contributed by atoms with van der Waals surface area (Å²) in [5.41, 5.74) is 9.74. The summed E-state index contributed by atoms with van der Waals surface area (Å²) in [4.78, 5) is 32.7. The van der Waals surface area contributed by atoms with Crippen LogP contribution < -0.4 is 4.90 Å². The zero-order chi connectivity index (χ0) is 34.1. The van der Waals surface area contributed by atoms with Gasteiger partial charge in [0, 0.05) is 66.4 Å². The molecule has 9 heteroatoms. The molecule has 0 aliphatic carbocycles. The highest BCUT2D eigenvalue weighted by molar-refractivity contribution is 6.13. The number of pyridine rings is 1. The molecule has 1 amide bonds. The van der Waals surface area contributed by atoms with Gasteiger partial charge in [-0.1, -0.05) is 35.9 Å². The molecule has 9 nitrogen and oxygen atoms in total. The lowest BCUT2D eigenvalue weighted by Crippen LogP contribution is -2.37. The van der Waals surface area contributed by atoms with E-state index in [0.29, 0.717) is 18.7 Å². The molecule has 0 saturated carbocycles. The molecule has 0 bridgehead atoms. The Morgan fingerprint density at radius 1 is 0.938 bits per heavy atom. The highest BCUT2D eigenvalue weighted by Gasteiger charge is 2.37. The third-order valence-electron chi connectivity index (χ3n) is 9.21. The Morgan fingerprint density at radius 3 is 2.35 bits per heavy atom. The molecule has 48 heavy (non-hydrogen) atoms. The molecule has 244 valence electrons. The standard InChI is InChI=1S/C39H39N5O4/c1-22-8-10-25(11-9-22)34-29-20-32(27-14-15-40-30(19-27)26-12-13-31-28(18-26)21-41-42(31)7)44-17-16-43(24(3)45)35(36(29)44)23(2)33(34)37(38(46)47)48-39(4,5)6/h8-15,18-21,37H,16-17H2,1-7H3,(H,46,47)/t37-/m0/s1. The third kappa shape index (κ3) is 5.24. The van der Waals surface area contributed by atoms with Gasteiger partial charge in [-0.2, -0.15) is 5.10 Å². The number of anilines is 1. The summed E-state index contributed by atoms with van der Waals surface area (Å²) in [5, 5.41) is 17.0. The van der Waals surface area contributed by atoms with E-state index in [9.17, 15) is 14.7 Å². The summed E-state index contributed by atoms with van der Waals surface area (Å²) in [6.07, 6.45) is 2.42. The van der Waals surface area contributed by atoms with E-state index in [0.717, 1.165) is 72.3 Å². The number of aryl methyl sites for hydroxylation is 2. The number of rotatable bonds is 6. The molecule has 4 heterocycles. The summed E-state index contributed by atoms with van der Waals surface area (Å²) < 4.78 is 10.4. The maximum atomic E-state index is 13.2. The molecule has 1 aliphatic heterocycles. The van der Waals surface area contributed by atoms with E-state index < -0.39 is 17.7 Å². The molecular weight excluding hydrogens is 602 g/mol. The van der Waals surface area contributed by atoms with Crippen LogP contribution in [0, 0.1) is 13.8 Å². The second-order valence-corrected chi connectivity index (χ2v) is 13.7. The first-order valence-corrected chi connectivity index (χ1v) is 16.2. The van der Waals surface area contributed by atoms with Crippen LogP contribution in [0.1, 0.15) is 50.5 Å². The number of carbonyl (C=O) groups excluding carboxylic acids is 1. The zero-order valence-electron chi connectivity index (χ0n) is 28.3. The van der Waals surface area contributed by atoms with E-state index >= 15 is 0 Å². The lowest BCUT2D eigenvalue weighted by molar-refractivity contribution is -0.160. The molecule has 0 unspecified atom stereocenters. The highest BCUT2D eigenvalue weighted by atomic mass is 16.5. The predicted molar refractivity (Wildman–Crippen MR) is 189 cm³/mol. The molecule has 0 saturated heterocycles. The summed E-state index contributed by atoms with van der Waals surface area (Å²) in [5.74, 6) is -1.18. The number of carboxylic acid groups (broad SMARTS) is 1. The van der Waals surface area contributed by atoms with Crippen molar-refractivity contribution in [2.24, 2.45) is 7.05 Å². The largest absolute Gasteiger partial charge is 0.479 e. The highest BCUT2D eigenvalue weighted by Crippen LogP contribution is 2.49. The van der Waals surface area contributed by atoms with Gasteiger partial charge in [0.1, 0.15) is 0 Å². The maximum absolute atomic E-state index is 13.2. The quantitative estimate of drug-likeness (QED) is 0.199. The van der Waals surface area contributed by atoms with Crippen molar-refractivity contribution in [2.75, 3.05) is 11.4 Å². The van der Waals surface area contributed by atoms with Crippen LogP contribution in [-0.2, 0) is 27.9 Å². The smallest absolute Gasteiger partial charge is 0.337 e. The van der Waals surface area contributed by atoms with Crippen LogP contribution in [0.2, 0.25) is 0 Å². The van der Waals surface area contributed by atoms with E-state index in [2.05, 4.69) is 40.0 Å². The van der Waals surface area contributed by atoms with E-state index in [1.807, 2.05) is 89.1 Å². The predicted octanol–water partition coefficient (Wildman–Crippen LogP) is 7.85. The number of benzene rings is 3. The Labute approximate surface area is 279 Å². The van der Waals surface area contributed by atoms with Gasteiger partial charge in [-0.3, -0.25) is 14.5 Å². The van der Waals surface area contributed by atoms with Gasteiger partial charge in [-0.25, -0.2) is 4.79 Å². The molecule has 0 spiro atoms. The average molecular weight is 642 g/mol. The summed E-state index contributed by atoms with van der Waals surface area (Å²) in [6, 6.07) is 20.6. The molecule has 3 aromatic heterocycles. The van der Waals surface area contributed by atoms with Gasteiger partial charge in [0.15, 0.2) is 6.10 Å². The van der Waals surface area contributed by atoms with Crippen LogP contribution >= 0.6 is 0 Å². The molecule has 1 N–H and O–H groups in total. The number of aliphatic carboxylic acids is 1. The number of carboxylic acids is 1. The first kappa shape index (κ1) is 31.3. The van der Waals surface area contributed by atoms with Gasteiger partial charge in [0.05, 0.1) is 34.2 Å². The van der Waals surface area contributed by atoms with E-state index in [-0.39, 0.29) is 5.91 Å². The van der Waals surface area contributed by atoms with Crippen molar-refractivity contribution < 1.29 is 19.4 Å². The van der Waals surface area contributed by atoms with Crippen LogP contribution in [0.3, 0.4) is 0 Å². The van der Waals surface area contributed by atoms with Crippen molar-refractivity contribution in [1.29, 1.82) is 0 Å². The molecule has 1 atom stereocenters. The summed E-state index contributed by atoms with van der Waals surface area (Å²) >= 11 is 0. The van der Waals surface area contributed by atoms with Crippen LogP contribution in [0.15, 0.2) is 73.1 Å². The first-order chi connectivity index (χ1) is 22.8. The Kier molecular flexibility index (Phi) is 7.47. The maximum Gasteiger partial charge on any atom is 0.337 e. The van der Waals surface area contributed by atoms with Crippen LogP contribution in [0.4, 0.5) is 5.69 Å². The number of nitrogens with zero attached hydrogens (tertiary/aromatic N) is 5. The molecule has 0 radical (unpaired) electrons. The minimum atomic E-state index is -1.26. The van der Waals surface area contributed by atoms with Gasteiger partial charge in [-0.05, 0) is 81.6 Å². The second kappa shape index (κ2) is 11.5. The topological polar surface area (TPSA) is 102 Å². The monoisotopic (exact) mass is 641 g/mol. The second-order valence-electron chi connectivity index (χ2n) is 13.7. The molecule has 7 rings (SSSR count). The average Bonchev–Trinajstić information content (AvgIpc) is 3.62. The van der Waals surface area contributed by atoms with E-state index in [1.54, 1.807) is 11.8 Å². The number of hydrogen-bond donors (Lipinski definition) is 1.